The van der Waals surface area contributed by atoms with Gasteiger partial charge in [-0.15, -0.1) is 12.4 Å². The van der Waals surface area contributed by atoms with Crippen molar-refractivity contribution >= 4 is 18.3 Å². The van der Waals surface area contributed by atoms with Crippen LogP contribution in [0.3, 0.4) is 0 Å². The van der Waals surface area contributed by atoms with E-state index in [-0.39, 0.29) is 23.9 Å². The number of carbonyl (C=O) groups is 1. The molecule has 7 heteroatoms. The highest BCUT2D eigenvalue weighted by Crippen LogP contribution is 2.28. The average Bonchev–Trinajstić information content (AvgIpc) is 2.48. The zero-order valence-electron chi connectivity index (χ0n) is 12.4. The molecule has 1 N–H and O–H groups in total. The van der Waals surface area contributed by atoms with Crippen LogP contribution in [-0.2, 0) is 19.0 Å². The summed E-state index contributed by atoms with van der Waals surface area (Å²) >= 11 is 0. The van der Waals surface area contributed by atoms with Gasteiger partial charge in [0.25, 0.3) is 5.91 Å². The van der Waals surface area contributed by atoms with Crippen LogP contribution in [0.1, 0.15) is 19.8 Å². The van der Waals surface area contributed by atoms with Crippen molar-refractivity contribution in [1.82, 2.24) is 10.2 Å². The molecular formula is C14H23ClN2O4. The Morgan fingerprint density at radius 2 is 1.90 bits per heavy atom. The van der Waals surface area contributed by atoms with E-state index in [1.165, 1.54) is 0 Å². The third-order valence-corrected chi connectivity index (χ3v) is 4.21. The molecule has 3 heterocycles. The summed E-state index contributed by atoms with van der Waals surface area (Å²) < 4.78 is 16.9. The second-order valence-corrected chi connectivity index (χ2v) is 5.59. The molecule has 0 bridgehead atoms. The number of allylic oxidation sites excluding steroid dienone is 1. The summed E-state index contributed by atoms with van der Waals surface area (Å²) in [6.45, 7) is 6.50. The van der Waals surface area contributed by atoms with Gasteiger partial charge in [-0.3, -0.25) is 4.79 Å². The zero-order chi connectivity index (χ0) is 14.0. The number of ether oxygens (including phenoxy) is 3. The molecule has 1 spiro atoms. The Bertz CT molecular complexity index is 416. The van der Waals surface area contributed by atoms with Crippen molar-refractivity contribution in [3.63, 3.8) is 0 Å². The number of amides is 1. The van der Waals surface area contributed by atoms with Crippen LogP contribution in [0.4, 0.5) is 0 Å². The second kappa shape index (κ2) is 6.85. The van der Waals surface area contributed by atoms with Gasteiger partial charge < -0.3 is 24.4 Å². The first-order chi connectivity index (χ1) is 9.70. The average molecular weight is 319 g/mol. The van der Waals surface area contributed by atoms with Crippen LogP contribution in [0.15, 0.2) is 11.5 Å². The van der Waals surface area contributed by atoms with Gasteiger partial charge in [0.05, 0.1) is 18.8 Å². The molecule has 0 radical (unpaired) electrons. The molecule has 0 saturated carbocycles. The maximum atomic E-state index is 12.6. The molecule has 3 aliphatic rings. The van der Waals surface area contributed by atoms with Crippen LogP contribution in [0.25, 0.3) is 0 Å². The molecular weight excluding hydrogens is 296 g/mol. The molecule has 21 heavy (non-hydrogen) atoms. The van der Waals surface area contributed by atoms with Gasteiger partial charge >= 0.3 is 0 Å². The van der Waals surface area contributed by atoms with Crippen molar-refractivity contribution in [3.8, 4) is 0 Å². The van der Waals surface area contributed by atoms with Gasteiger partial charge in [-0.2, -0.15) is 0 Å². The number of rotatable bonds is 1. The highest BCUT2D eigenvalue weighted by molar-refractivity contribution is 5.92. The van der Waals surface area contributed by atoms with Crippen LogP contribution < -0.4 is 5.32 Å². The summed E-state index contributed by atoms with van der Waals surface area (Å²) in [6.07, 6.45) is 1.90. The molecule has 0 aliphatic carbocycles. The summed E-state index contributed by atoms with van der Waals surface area (Å²) in [7, 11) is 0. The number of hydrogen-bond acceptors (Lipinski definition) is 5. The van der Waals surface area contributed by atoms with E-state index >= 15 is 0 Å². The normalized spacial score (nSPS) is 24.9. The zero-order valence-corrected chi connectivity index (χ0v) is 13.2. The molecule has 0 aromatic rings. The Kier molecular flexibility index (Phi) is 5.35. The summed E-state index contributed by atoms with van der Waals surface area (Å²) in [5.74, 6) is 0.887. The Labute approximate surface area is 131 Å². The van der Waals surface area contributed by atoms with Crippen LogP contribution in [0, 0.1) is 0 Å². The van der Waals surface area contributed by atoms with Crippen molar-refractivity contribution in [2.24, 2.45) is 0 Å². The van der Waals surface area contributed by atoms with Gasteiger partial charge in [0.1, 0.15) is 19.0 Å². The van der Waals surface area contributed by atoms with Crippen LogP contribution in [-0.4, -0.2) is 62.4 Å². The molecule has 2 fully saturated rings. The predicted molar refractivity (Wildman–Crippen MR) is 79.2 cm³/mol. The van der Waals surface area contributed by atoms with Crippen LogP contribution >= 0.6 is 12.4 Å². The third kappa shape index (κ3) is 3.44. The Morgan fingerprint density at radius 1 is 1.19 bits per heavy atom. The highest BCUT2D eigenvalue weighted by atomic mass is 35.5. The van der Waals surface area contributed by atoms with Crippen LogP contribution in [0.2, 0.25) is 0 Å². The number of carbonyl (C=O) groups excluding carboxylic acids is 1. The molecule has 0 unspecified atom stereocenters. The molecule has 2 saturated heterocycles. The summed E-state index contributed by atoms with van der Waals surface area (Å²) in [5, 5.41) is 3.33. The van der Waals surface area contributed by atoms with E-state index in [1.54, 1.807) is 6.92 Å². The largest absolute Gasteiger partial charge is 0.491 e. The molecule has 1 amide bonds. The monoisotopic (exact) mass is 318 g/mol. The van der Waals surface area contributed by atoms with Crippen molar-refractivity contribution in [1.29, 1.82) is 0 Å². The van der Waals surface area contributed by atoms with Gasteiger partial charge in [-0.25, -0.2) is 0 Å². The predicted octanol–water partition coefficient (Wildman–Crippen LogP) is 0.667. The first-order valence-corrected chi connectivity index (χ1v) is 7.31. The lowest BCUT2D eigenvalue weighted by Crippen LogP contribution is -2.57. The van der Waals surface area contributed by atoms with E-state index in [0.717, 1.165) is 25.9 Å². The molecule has 0 aromatic heterocycles. The van der Waals surface area contributed by atoms with Crippen molar-refractivity contribution in [2.75, 3.05) is 46.0 Å². The van der Waals surface area contributed by atoms with Crippen molar-refractivity contribution in [2.45, 2.75) is 25.4 Å². The lowest BCUT2D eigenvalue weighted by atomic mass is 9.90. The van der Waals surface area contributed by atoms with E-state index in [4.69, 9.17) is 14.2 Å². The van der Waals surface area contributed by atoms with Gasteiger partial charge in [0.2, 0.25) is 5.76 Å². The van der Waals surface area contributed by atoms with Crippen LogP contribution in [0.5, 0.6) is 0 Å². The molecule has 0 aromatic carbocycles. The second-order valence-electron chi connectivity index (χ2n) is 5.59. The summed E-state index contributed by atoms with van der Waals surface area (Å²) in [5.41, 5.74) is -0.177. The fourth-order valence-corrected chi connectivity index (χ4v) is 3.06. The molecule has 3 rings (SSSR count). The first-order valence-electron chi connectivity index (χ1n) is 7.31. The van der Waals surface area contributed by atoms with E-state index in [2.05, 4.69) is 5.32 Å². The molecule has 3 aliphatic heterocycles. The van der Waals surface area contributed by atoms with Gasteiger partial charge in [-0.1, -0.05) is 0 Å². The minimum atomic E-state index is -0.177. The van der Waals surface area contributed by atoms with Gasteiger partial charge in [0, 0.05) is 6.54 Å². The first kappa shape index (κ1) is 16.4. The van der Waals surface area contributed by atoms with Gasteiger partial charge in [-0.05, 0) is 32.9 Å². The Hall–Kier alpha value is -0.980. The van der Waals surface area contributed by atoms with Crippen molar-refractivity contribution in [3.05, 3.63) is 11.5 Å². The number of nitrogens with zero attached hydrogens (tertiary/aromatic N) is 1. The van der Waals surface area contributed by atoms with Crippen molar-refractivity contribution < 1.29 is 19.0 Å². The fraction of sp³-hybridized carbons (Fsp3) is 0.786. The van der Waals surface area contributed by atoms with Gasteiger partial charge in [0.15, 0.2) is 0 Å². The Balaban J connectivity index is 0.00000161. The number of morpholine rings is 1. The summed E-state index contributed by atoms with van der Waals surface area (Å²) in [4.78, 5) is 14.4. The fourth-order valence-electron chi connectivity index (χ4n) is 3.06. The minimum absolute atomic E-state index is 0. The standard InChI is InChI=1S/C14H22N2O4.ClH/c1-11-12(19-9-8-18-11)13(17)16-6-7-20-14(10-16)2-4-15-5-3-14;/h15H,2-10H2,1H3;1H. The lowest BCUT2D eigenvalue weighted by molar-refractivity contribution is -0.156. The molecule has 0 atom stereocenters. The summed E-state index contributed by atoms with van der Waals surface area (Å²) in [6, 6.07) is 0. The quantitative estimate of drug-likeness (QED) is 0.770. The highest BCUT2D eigenvalue weighted by Gasteiger charge is 2.40. The van der Waals surface area contributed by atoms with E-state index < -0.39 is 0 Å². The number of halogens is 1. The minimum Gasteiger partial charge on any atom is -0.491 e. The molecule has 120 valence electrons. The maximum absolute atomic E-state index is 12.6. The topological polar surface area (TPSA) is 60.0 Å². The SMILES string of the molecule is CC1=C(C(=O)N2CCOC3(CCNCC3)C2)OCCO1.Cl. The van der Waals surface area contributed by atoms with E-state index in [0.29, 0.717) is 44.4 Å². The third-order valence-electron chi connectivity index (χ3n) is 4.21. The number of hydrogen-bond donors (Lipinski definition) is 1. The number of piperidine rings is 1. The smallest absolute Gasteiger partial charge is 0.292 e. The maximum Gasteiger partial charge on any atom is 0.292 e. The van der Waals surface area contributed by atoms with E-state index in [9.17, 15) is 4.79 Å². The number of nitrogens with one attached hydrogen (secondary N) is 1. The lowest BCUT2D eigenvalue weighted by Gasteiger charge is -2.45. The Morgan fingerprint density at radius 3 is 2.62 bits per heavy atom. The molecule has 6 nitrogen and oxygen atoms in total. The van der Waals surface area contributed by atoms with E-state index in [1.807, 2.05) is 4.90 Å².